The molecule has 0 aromatic rings. The van der Waals surface area contributed by atoms with Crippen molar-refractivity contribution in [3.63, 3.8) is 0 Å². The quantitative estimate of drug-likeness (QED) is 0.712. The van der Waals surface area contributed by atoms with Crippen LogP contribution in [0.4, 0.5) is 0 Å². The molecule has 0 amide bonds. The summed E-state index contributed by atoms with van der Waals surface area (Å²) >= 11 is -2.01. The van der Waals surface area contributed by atoms with Crippen molar-refractivity contribution in [2.45, 2.75) is 56.8 Å². The number of hydrogen-bond donors (Lipinski definition) is 0. The van der Waals surface area contributed by atoms with Gasteiger partial charge in [-0.05, 0) is 0 Å². The van der Waals surface area contributed by atoms with Gasteiger partial charge in [-0.15, -0.1) is 0 Å². The Morgan fingerprint density at radius 1 is 1.31 bits per heavy atom. The van der Waals surface area contributed by atoms with Gasteiger partial charge < -0.3 is 0 Å². The van der Waals surface area contributed by atoms with Gasteiger partial charge in [0, 0.05) is 0 Å². The fourth-order valence-corrected chi connectivity index (χ4v) is 6.01. The van der Waals surface area contributed by atoms with Crippen molar-refractivity contribution >= 4 is 0 Å². The molecule has 0 fully saturated rings. The molecule has 2 nitrogen and oxygen atoms in total. The Bertz CT molecular complexity index is 300. The molecule has 1 unspecified atom stereocenters. The number of nitrogens with zero attached hydrogens (tertiary/aromatic N) is 1. The molecule has 0 N–H and O–H groups in total. The van der Waals surface area contributed by atoms with Gasteiger partial charge in [-0.1, -0.05) is 0 Å². The molecule has 0 heterocycles. The third-order valence-electron chi connectivity index (χ3n) is 2.24. The predicted octanol–water partition coefficient (Wildman–Crippen LogP) is 4.23. The Labute approximate surface area is 106 Å². The van der Waals surface area contributed by atoms with Crippen molar-refractivity contribution < 1.29 is 21.9 Å². The molecule has 0 aromatic heterocycles. The normalized spacial score (nSPS) is 19.4. The van der Waals surface area contributed by atoms with Crippen LogP contribution in [0.1, 0.15) is 41.0 Å². The van der Waals surface area contributed by atoms with Crippen molar-refractivity contribution in [1.29, 1.82) is 0 Å². The first-order chi connectivity index (χ1) is 7.42. The summed E-state index contributed by atoms with van der Waals surface area (Å²) in [6.45, 7) is 10.8. The van der Waals surface area contributed by atoms with Crippen LogP contribution < -0.4 is 0 Å². The SMILES string of the molecule is CCC(C)[O][Nb](=[N]C(C)(C)C)[CH]1C=CC=C1. The van der Waals surface area contributed by atoms with E-state index in [1.165, 1.54) is 0 Å². The van der Waals surface area contributed by atoms with E-state index in [0.29, 0.717) is 10.2 Å². The molecule has 0 spiro atoms. The van der Waals surface area contributed by atoms with E-state index in [1.54, 1.807) is 0 Å². The second-order valence-electron chi connectivity index (χ2n) is 5.16. The first kappa shape index (κ1) is 14.0. The summed E-state index contributed by atoms with van der Waals surface area (Å²) in [6, 6.07) is 0. The van der Waals surface area contributed by atoms with Crippen LogP contribution in [0.15, 0.2) is 27.6 Å². The van der Waals surface area contributed by atoms with E-state index < -0.39 is 18.7 Å². The number of hydrogen-bond acceptors (Lipinski definition) is 2. The van der Waals surface area contributed by atoms with Crippen LogP contribution in [0.3, 0.4) is 0 Å². The Kier molecular flexibility index (Phi) is 5.32. The molecule has 0 saturated carbocycles. The second-order valence-corrected chi connectivity index (χ2v) is 9.12. The van der Waals surface area contributed by atoms with Gasteiger partial charge in [0.25, 0.3) is 0 Å². The second kappa shape index (κ2) is 6.06. The van der Waals surface area contributed by atoms with Crippen molar-refractivity contribution in [3.05, 3.63) is 24.3 Å². The molecule has 1 aliphatic rings. The Hall–Kier alpha value is -0.0197. The molecule has 1 atom stereocenters. The van der Waals surface area contributed by atoms with Gasteiger partial charge in [0.05, 0.1) is 0 Å². The van der Waals surface area contributed by atoms with Crippen LogP contribution in [0, 0.1) is 0 Å². The van der Waals surface area contributed by atoms with Gasteiger partial charge in [-0.2, -0.15) is 0 Å². The first-order valence-corrected chi connectivity index (χ1v) is 9.11. The first-order valence-electron chi connectivity index (χ1n) is 5.96. The average molecular weight is 302 g/mol. The molecule has 0 bridgehead atoms. The van der Waals surface area contributed by atoms with Crippen LogP contribution in [-0.2, 0) is 21.9 Å². The van der Waals surface area contributed by atoms with Crippen LogP contribution >= 0.6 is 0 Å². The topological polar surface area (TPSA) is 21.6 Å². The standard InChI is InChI=1S/C5H5.C4H9N.C4H9O.Nb/c1-2-4-5-3-1;1-4(2,3)5;1-3-4(2)5;/h1-5H;1-3H3;4H,3H2,1-2H3;/q;;-1;+1. The van der Waals surface area contributed by atoms with E-state index in [4.69, 9.17) is 6.58 Å². The molecule has 0 radical (unpaired) electrons. The van der Waals surface area contributed by atoms with Crippen molar-refractivity contribution in [2.24, 2.45) is 3.34 Å². The summed E-state index contributed by atoms with van der Waals surface area (Å²) in [7, 11) is 0. The van der Waals surface area contributed by atoms with E-state index in [0.717, 1.165) is 6.42 Å². The average Bonchev–Trinajstić information content (AvgIpc) is 2.67. The van der Waals surface area contributed by atoms with Crippen LogP contribution in [0.2, 0.25) is 4.14 Å². The van der Waals surface area contributed by atoms with E-state index in [9.17, 15) is 0 Å². The molecule has 0 aliphatic heterocycles. The zero-order valence-corrected chi connectivity index (χ0v) is 13.2. The molecule has 0 aromatic carbocycles. The van der Waals surface area contributed by atoms with Crippen LogP contribution in [0.25, 0.3) is 0 Å². The minimum absolute atomic E-state index is 0.0283. The van der Waals surface area contributed by atoms with Gasteiger partial charge >= 0.3 is 106 Å². The van der Waals surface area contributed by atoms with Crippen LogP contribution in [0.5, 0.6) is 0 Å². The number of rotatable bonds is 4. The third-order valence-corrected chi connectivity index (χ3v) is 7.72. The van der Waals surface area contributed by atoms with Crippen molar-refractivity contribution in [3.8, 4) is 0 Å². The van der Waals surface area contributed by atoms with Gasteiger partial charge in [0.2, 0.25) is 0 Å². The minimum atomic E-state index is -2.01. The summed E-state index contributed by atoms with van der Waals surface area (Å²) in [6.07, 6.45) is 10.1. The summed E-state index contributed by atoms with van der Waals surface area (Å²) in [5.74, 6) is 0. The fraction of sp³-hybridized carbons (Fsp3) is 0.692. The molecular weight excluding hydrogens is 279 g/mol. The maximum absolute atomic E-state index is 6.17. The zero-order chi connectivity index (χ0) is 12.2. The molecule has 1 aliphatic carbocycles. The van der Waals surface area contributed by atoms with Gasteiger partial charge in [0.1, 0.15) is 0 Å². The van der Waals surface area contributed by atoms with E-state index in [-0.39, 0.29) is 5.54 Å². The third kappa shape index (κ3) is 4.88. The van der Waals surface area contributed by atoms with Gasteiger partial charge in [0.15, 0.2) is 0 Å². The maximum atomic E-state index is 6.17. The van der Waals surface area contributed by atoms with E-state index >= 15 is 0 Å². The Balaban J connectivity index is 2.81. The predicted molar refractivity (Wildman–Crippen MR) is 65.0 cm³/mol. The Morgan fingerprint density at radius 3 is 2.31 bits per heavy atom. The van der Waals surface area contributed by atoms with Crippen LogP contribution in [-0.4, -0.2) is 11.6 Å². The molecule has 0 saturated heterocycles. The Morgan fingerprint density at radius 2 is 1.88 bits per heavy atom. The van der Waals surface area contributed by atoms with E-state index in [2.05, 4.69) is 58.9 Å². The monoisotopic (exact) mass is 302 g/mol. The zero-order valence-electron chi connectivity index (χ0n) is 11.0. The summed E-state index contributed by atoms with van der Waals surface area (Å²) in [5, 5.41) is 0. The molecule has 16 heavy (non-hydrogen) atoms. The van der Waals surface area contributed by atoms with Gasteiger partial charge in [-0.3, -0.25) is 0 Å². The summed E-state index contributed by atoms with van der Waals surface area (Å²) in [5.41, 5.74) is 0.0283. The van der Waals surface area contributed by atoms with Crippen molar-refractivity contribution in [1.82, 2.24) is 0 Å². The summed E-state index contributed by atoms with van der Waals surface area (Å²) in [4.78, 5) is 0. The van der Waals surface area contributed by atoms with Crippen molar-refractivity contribution in [2.75, 3.05) is 0 Å². The van der Waals surface area contributed by atoms with Gasteiger partial charge in [-0.25, -0.2) is 0 Å². The number of allylic oxidation sites excluding steroid dienone is 4. The van der Waals surface area contributed by atoms with E-state index in [1.807, 2.05) is 0 Å². The molecule has 3 heteroatoms. The fourth-order valence-electron chi connectivity index (χ4n) is 1.28. The molecule has 91 valence electrons. The molecule has 1 rings (SSSR count). The summed E-state index contributed by atoms with van der Waals surface area (Å²) < 4.78 is 11.6. The molecular formula is C13H23NNbO.